The Kier molecular flexibility index (Phi) is 14.5. The van der Waals surface area contributed by atoms with E-state index in [1.165, 1.54) is 6.08 Å². The summed E-state index contributed by atoms with van der Waals surface area (Å²) in [6.07, 6.45) is 2.51. The van der Waals surface area contributed by atoms with E-state index in [-0.39, 0.29) is 18.5 Å². The molecule has 0 aliphatic rings. The second-order valence-corrected chi connectivity index (χ2v) is 5.58. The topological polar surface area (TPSA) is 222 Å². The number of hydrogen-bond donors (Lipinski definition) is 3. The molecule has 0 aromatic heterocycles. The molecule has 1 atom stereocenters. The fourth-order valence-corrected chi connectivity index (χ4v) is 2.14. The van der Waals surface area contributed by atoms with Gasteiger partial charge < -0.3 is 46.6 Å². The Morgan fingerprint density at radius 3 is 1.76 bits per heavy atom. The maximum absolute atomic E-state index is 10.7. The van der Waals surface area contributed by atoms with Gasteiger partial charge in [-0.25, -0.2) is 0 Å². The second-order valence-electron chi connectivity index (χ2n) is 2.65. The fourth-order valence-electron chi connectivity index (χ4n) is 0.507. The van der Waals surface area contributed by atoms with Gasteiger partial charge in [0.15, 0.2) is 7.60 Å². The minimum atomic E-state index is -5.50. The lowest BCUT2D eigenvalue weighted by molar-refractivity contribution is -0.337. The van der Waals surface area contributed by atoms with Crippen molar-refractivity contribution in [3.8, 4) is 0 Å². The molecule has 0 saturated carbocycles. The molecule has 17 heavy (non-hydrogen) atoms. The highest BCUT2D eigenvalue weighted by Crippen LogP contribution is 2.50. The summed E-state index contributed by atoms with van der Waals surface area (Å²) in [7, 11) is -10.2. The molecule has 0 amide bonds. The summed E-state index contributed by atoms with van der Waals surface area (Å²) in [6, 6.07) is 0. The Hall–Kier alpha value is -0.340. The average Bonchev–Trinajstić information content (AvgIpc) is 1.78. The lowest BCUT2D eigenvalue weighted by Crippen LogP contribution is -2.17. The van der Waals surface area contributed by atoms with Crippen LogP contribution in [0.4, 0.5) is 0 Å². The highest BCUT2D eigenvalue weighted by Gasteiger charge is 2.04. The van der Waals surface area contributed by atoms with Gasteiger partial charge in [0.05, 0.1) is 7.82 Å². The monoisotopic (exact) mass is 293 g/mol. The zero-order valence-corrected chi connectivity index (χ0v) is 12.4. The minimum absolute atomic E-state index is 0. The van der Waals surface area contributed by atoms with Crippen molar-refractivity contribution in [3.05, 3.63) is 23.5 Å². The number of allylic oxidation sites excluding steroid dienone is 3. The molecule has 0 aromatic carbocycles. The Morgan fingerprint density at radius 1 is 1.06 bits per heavy atom. The second kappa shape index (κ2) is 9.67. The van der Waals surface area contributed by atoms with E-state index in [0.29, 0.717) is 5.82 Å². The highest BCUT2D eigenvalue weighted by molar-refractivity contribution is 7.63. The predicted octanol–water partition coefficient (Wildman–Crippen LogP) is 0.994. The first-order valence-electron chi connectivity index (χ1n) is 3.49. The molecule has 106 valence electrons. The van der Waals surface area contributed by atoms with Crippen LogP contribution >= 0.6 is 15.4 Å². The molecule has 1 unspecified atom stereocenters. The van der Waals surface area contributed by atoms with Crippen LogP contribution in [0, 0.1) is 0 Å². The van der Waals surface area contributed by atoms with Crippen LogP contribution in [0.3, 0.4) is 0 Å². The van der Waals surface area contributed by atoms with E-state index < -0.39 is 15.4 Å². The van der Waals surface area contributed by atoms with E-state index >= 15 is 0 Å². The zero-order chi connectivity index (χ0) is 11.4. The van der Waals surface area contributed by atoms with Gasteiger partial charge in [-0.15, -0.1) is 0 Å². The molecule has 11 heteroatoms. The van der Waals surface area contributed by atoms with Gasteiger partial charge in [0, 0.05) is 0 Å². The molecule has 0 saturated heterocycles. The predicted molar refractivity (Wildman–Crippen MR) is 62.8 cm³/mol. The number of quaternary nitrogens is 3. The van der Waals surface area contributed by atoms with E-state index in [0.717, 1.165) is 11.6 Å². The molecule has 0 spiro atoms. The van der Waals surface area contributed by atoms with E-state index in [1.807, 2.05) is 0 Å². The molecule has 0 heterocycles. The fraction of sp³-hybridized carbons (Fsp3) is 0.333. The van der Waals surface area contributed by atoms with Crippen molar-refractivity contribution in [1.29, 1.82) is 0 Å². The van der Waals surface area contributed by atoms with Crippen molar-refractivity contribution in [2.75, 3.05) is 0 Å². The van der Waals surface area contributed by atoms with Crippen LogP contribution < -0.4 is 33.1 Å². The molecule has 0 aromatic rings. The van der Waals surface area contributed by atoms with Crippen molar-refractivity contribution in [2.24, 2.45) is 0 Å². The molecule has 9 nitrogen and oxygen atoms in total. The van der Waals surface area contributed by atoms with Crippen LogP contribution in [-0.4, -0.2) is 0 Å². The first kappa shape index (κ1) is 25.5. The normalized spacial score (nSPS) is 13.7. The first-order chi connectivity index (χ1) is 6.12. The molecule has 12 N–H and O–H groups in total. The van der Waals surface area contributed by atoms with Gasteiger partial charge >= 0.3 is 0 Å². The van der Waals surface area contributed by atoms with Crippen LogP contribution in [0.15, 0.2) is 23.5 Å². The summed E-state index contributed by atoms with van der Waals surface area (Å²) in [5.74, 6) is 0.516. The van der Waals surface area contributed by atoms with Gasteiger partial charge in [-0.05, 0) is 19.7 Å². The Bertz CT molecular complexity index is 346. The van der Waals surface area contributed by atoms with E-state index in [2.05, 4.69) is 4.31 Å². The smallest absolute Gasteiger partial charge is 0.161 e. The third kappa shape index (κ3) is 18.2. The average molecular weight is 293 g/mol. The molecular formula is C6H21N3O6P2. The SMILES string of the molecule is CC(C)=C/C=C/P(=O)([O-])OP(=O)([O-])[O-].[NH4+].[NH4+].[NH4+]. The summed E-state index contributed by atoms with van der Waals surface area (Å²) < 4.78 is 24.1. The van der Waals surface area contributed by atoms with Crippen LogP contribution in [0.25, 0.3) is 0 Å². The summed E-state index contributed by atoms with van der Waals surface area (Å²) in [6.45, 7) is 3.43. The van der Waals surface area contributed by atoms with E-state index in [4.69, 9.17) is 0 Å². The van der Waals surface area contributed by atoms with Gasteiger partial charge in [0.1, 0.15) is 0 Å². The van der Waals surface area contributed by atoms with Crippen molar-refractivity contribution in [2.45, 2.75) is 13.8 Å². The molecule has 0 rings (SSSR count). The first-order valence-corrected chi connectivity index (χ1v) is 6.56. The summed E-state index contributed by atoms with van der Waals surface area (Å²) in [5.41, 5.74) is 0.814. The van der Waals surface area contributed by atoms with Crippen molar-refractivity contribution in [3.63, 3.8) is 0 Å². The standard InChI is InChI=1S/C6H12O6P2.3H3N/c1-6(2)4-3-5-13(7,8)12-14(9,10)11;;;/h3-5H,1-2H3,(H,7,8)(H2,9,10,11);3*1H3/b5-3+;;;. The molecule has 0 bridgehead atoms. The summed E-state index contributed by atoms with van der Waals surface area (Å²) >= 11 is 0. The number of phosphoric acid groups is 1. The van der Waals surface area contributed by atoms with Crippen molar-refractivity contribution in [1.82, 2.24) is 18.5 Å². The van der Waals surface area contributed by atoms with Crippen LogP contribution in [0.1, 0.15) is 13.8 Å². The van der Waals surface area contributed by atoms with Crippen LogP contribution in [-0.2, 0) is 13.4 Å². The van der Waals surface area contributed by atoms with E-state index in [9.17, 15) is 23.8 Å². The van der Waals surface area contributed by atoms with E-state index in [1.54, 1.807) is 13.8 Å². The lowest BCUT2D eigenvalue weighted by Gasteiger charge is -2.34. The zero-order valence-electron chi connectivity index (χ0n) is 10.6. The van der Waals surface area contributed by atoms with Gasteiger partial charge in [0.2, 0.25) is 0 Å². The molecule has 0 radical (unpaired) electrons. The third-order valence-electron chi connectivity index (χ3n) is 0.912. The lowest BCUT2D eigenvalue weighted by atomic mass is 10.3. The maximum atomic E-state index is 10.7. The summed E-state index contributed by atoms with van der Waals surface area (Å²) in [4.78, 5) is 30.7. The molecular weight excluding hydrogens is 272 g/mol. The maximum Gasteiger partial charge on any atom is 0.161 e. The quantitative estimate of drug-likeness (QED) is 0.505. The molecule has 0 aliphatic carbocycles. The minimum Gasteiger partial charge on any atom is -0.790 e. The van der Waals surface area contributed by atoms with Gasteiger partial charge in [-0.2, -0.15) is 0 Å². The Labute approximate surface area is 100 Å². The third-order valence-corrected chi connectivity index (χ3v) is 3.16. The molecule has 0 aliphatic heterocycles. The number of hydrogen-bond acceptors (Lipinski definition) is 6. The van der Waals surface area contributed by atoms with Gasteiger partial charge in [0.25, 0.3) is 0 Å². The van der Waals surface area contributed by atoms with Gasteiger partial charge in [-0.3, -0.25) is 0 Å². The molecule has 0 fully saturated rings. The van der Waals surface area contributed by atoms with Gasteiger partial charge in [-0.1, -0.05) is 17.7 Å². The number of rotatable bonds is 4. The van der Waals surface area contributed by atoms with Crippen molar-refractivity contribution < 1.29 is 28.1 Å². The van der Waals surface area contributed by atoms with Crippen LogP contribution in [0.5, 0.6) is 0 Å². The van der Waals surface area contributed by atoms with Crippen molar-refractivity contribution >= 4 is 15.4 Å². The largest absolute Gasteiger partial charge is 0.790 e. The Morgan fingerprint density at radius 2 is 1.47 bits per heavy atom. The summed E-state index contributed by atoms with van der Waals surface area (Å²) in [5, 5.41) is 0. The Balaban J connectivity index is -0.000000282. The highest BCUT2D eigenvalue weighted by atomic mass is 31.3. The van der Waals surface area contributed by atoms with Crippen LogP contribution in [0.2, 0.25) is 0 Å².